The maximum Gasteiger partial charge on any atom is 0.169 e. The molecule has 4 nitrogen and oxygen atoms in total. The standard InChI is InChI=1S/C10H12N2O2/c1-7-3-4-9(13-7)6-11-10-5-8(2)14-12-10/h3-5H,6H2,1-2H3,(H,11,12). The summed E-state index contributed by atoms with van der Waals surface area (Å²) in [6, 6.07) is 5.72. The third-order valence-corrected chi connectivity index (χ3v) is 1.87. The number of nitrogens with zero attached hydrogens (tertiary/aromatic N) is 1. The van der Waals surface area contributed by atoms with Gasteiger partial charge in [-0.05, 0) is 26.0 Å². The van der Waals surface area contributed by atoms with Crippen molar-refractivity contribution in [2.24, 2.45) is 0 Å². The first-order valence-corrected chi connectivity index (χ1v) is 4.46. The molecule has 0 spiro atoms. The summed E-state index contributed by atoms with van der Waals surface area (Å²) in [6.07, 6.45) is 0. The first-order chi connectivity index (χ1) is 6.74. The smallest absolute Gasteiger partial charge is 0.169 e. The summed E-state index contributed by atoms with van der Waals surface area (Å²) in [6.45, 7) is 4.40. The van der Waals surface area contributed by atoms with E-state index in [2.05, 4.69) is 10.5 Å². The molecule has 74 valence electrons. The molecule has 2 rings (SSSR count). The van der Waals surface area contributed by atoms with Crippen LogP contribution in [0.4, 0.5) is 5.82 Å². The Hall–Kier alpha value is -1.71. The summed E-state index contributed by atoms with van der Waals surface area (Å²) in [5, 5.41) is 6.91. The van der Waals surface area contributed by atoms with Crippen molar-refractivity contribution in [1.29, 1.82) is 0 Å². The van der Waals surface area contributed by atoms with Crippen molar-refractivity contribution in [3.8, 4) is 0 Å². The summed E-state index contributed by atoms with van der Waals surface area (Å²) in [5.41, 5.74) is 0. The van der Waals surface area contributed by atoms with Crippen LogP contribution < -0.4 is 5.32 Å². The molecule has 0 bridgehead atoms. The number of aryl methyl sites for hydroxylation is 2. The fraction of sp³-hybridized carbons (Fsp3) is 0.300. The first kappa shape index (κ1) is 8.87. The van der Waals surface area contributed by atoms with Crippen molar-refractivity contribution < 1.29 is 8.94 Å². The molecule has 0 fully saturated rings. The van der Waals surface area contributed by atoms with E-state index in [1.807, 2.05) is 32.0 Å². The average molecular weight is 192 g/mol. The van der Waals surface area contributed by atoms with Crippen molar-refractivity contribution in [1.82, 2.24) is 5.16 Å². The minimum atomic E-state index is 0.625. The van der Waals surface area contributed by atoms with E-state index in [1.54, 1.807) is 0 Å². The van der Waals surface area contributed by atoms with E-state index in [1.165, 1.54) is 0 Å². The molecule has 4 heteroatoms. The minimum absolute atomic E-state index is 0.625. The number of furan rings is 1. The largest absolute Gasteiger partial charge is 0.465 e. The van der Waals surface area contributed by atoms with Crippen LogP contribution in [0.2, 0.25) is 0 Å². The molecule has 1 N–H and O–H groups in total. The van der Waals surface area contributed by atoms with Gasteiger partial charge in [-0.2, -0.15) is 0 Å². The summed E-state index contributed by atoms with van der Waals surface area (Å²) >= 11 is 0. The minimum Gasteiger partial charge on any atom is -0.465 e. The number of rotatable bonds is 3. The highest BCUT2D eigenvalue weighted by Crippen LogP contribution is 2.11. The van der Waals surface area contributed by atoms with Gasteiger partial charge in [0, 0.05) is 6.07 Å². The second-order valence-electron chi connectivity index (χ2n) is 3.19. The Morgan fingerprint density at radius 1 is 1.29 bits per heavy atom. The molecule has 2 heterocycles. The lowest BCUT2D eigenvalue weighted by atomic mass is 10.4. The predicted octanol–water partition coefficient (Wildman–Crippen LogP) is 2.50. The van der Waals surface area contributed by atoms with Crippen LogP contribution in [0.25, 0.3) is 0 Å². The highest BCUT2D eigenvalue weighted by molar-refractivity contribution is 5.33. The Balaban J connectivity index is 1.94. The molecule has 0 radical (unpaired) electrons. The summed E-state index contributed by atoms with van der Waals surface area (Å²) in [5.74, 6) is 3.33. The molecule has 0 aliphatic heterocycles. The second kappa shape index (κ2) is 3.57. The highest BCUT2D eigenvalue weighted by atomic mass is 16.5. The number of hydrogen-bond acceptors (Lipinski definition) is 4. The zero-order chi connectivity index (χ0) is 9.97. The van der Waals surface area contributed by atoms with Crippen LogP contribution in [0.5, 0.6) is 0 Å². The van der Waals surface area contributed by atoms with Gasteiger partial charge in [-0.3, -0.25) is 0 Å². The van der Waals surface area contributed by atoms with Crippen LogP contribution in [0.15, 0.2) is 27.1 Å². The lowest BCUT2D eigenvalue weighted by Crippen LogP contribution is -1.97. The van der Waals surface area contributed by atoms with Crippen molar-refractivity contribution >= 4 is 5.82 Å². The van der Waals surface area contributed by atoms with Crippen LogP contribution >= 0.6 is 0 Å². The Labute approximate surface area is 81.9 Å². The lowest BCUT2D eigenvalue weighted by molar-refractivity contribution is 0.399. The van der Waals surface area contributed by atoms with Crippen LogP contribution in [0.1, 0.15) is 17.3 Å². The van der Waals surface area contributed by atoms with E-state index in [9.17, 15) is 0 Å². The molecule has 2 aromatic rings. The Morgan fingerprint density at radius 2 is 2.14 bits per heavy atom. The van der Waals surface area contributed by atoms with E-state index in [-0.39, 0.29) is 0 Å². The maximum absolute atomic E-state index is 5.39. The lowest BCUT2D eigenvalue weighted by Gasteiger charge is -1.97. The van der Waals surface area contributed by atoms with Gasteiger partial charge in [0.2, 0.25) is 0 Å². The molecule has 14 heavy (non-hydrogen) atoms. The molecule has 0 atom stereocenters. The molecule has 0 aromatic carbocycles. The van der Waals surface area contributed by atoms with Gasteiger partial charge in [-0.25, -0.2) is 0 Å². The molecule has 0 saturated carbocycles. The van der Waals surface area contributed by atoms with Gasteiger partial charge < -0.3 is 14.3 Å². The van der Waals surface area contributed by atoms with Crippen molar-refractivity contribution in [2.45, 2.75) is 20.4 Å². The van der Waals surface area contributed by atoms with Crippen molar-refractivity contribution in [3.63, 3.8) is 0 Å². The zero-order valence-corrected chi connectivity index (χ0v) is 8.20. The number of hydrogen-bond donors (Lipinski definition) is 1. The summed E-state index contributed by atoms with van der Waals surface area (Å²) in [7, 11) is 0. The topological polar surface area (TPSA) is 51.2 Å². The molecule has 0 amide bonds. The third kappa shape index (κ3) is 1.96. The SMILES string of the molecule is Cc1cc(NCc2ccc(C)o2)no1. The second-order valence-corrected chi connectivity index (χ2v) is 3.19. The first-order valence-electron chi connectivity index (χ1n) is 4.46. The quantitative estimate of drug-likeness (QED) is 0.811. The molecule has 0 aliphatic carbocycles. The van der Waals surface area contributed by atoms with Crippen LogP contribution in [-0.2, 0) is 6.54 Å². The van der Waals surface area contributed by atoms with E-state index < -0.39 is 0 Å². The third-order valence-electron chi connectivity index (χ3n) is 1.87. The van der Waals surface area contributed by atoms with Gasteiger partial charge in [-0.1, -0.05) is 5.16 Å². The predicted molar refractivity (Wildman–Crippen MR) is 52.0 cm³/mol. The Kier molecular flexibility index (Phi) is 2.26. The van der Waals surface area contributed by atoms with Gasteiger partial charge in [0.15, 0.2) is 5.82 Å². The van der Waals surface area contributed by atoms with Crippen LogP contribution in [0.3, 0.4) is 0 Å². The Morgan fingerprint density at radius 3 is 2.71 bits per heavy atom. The summed E-state index contributed by atoms with van der Waals surface area (Å²) in [4.78, 5) is 0. The fourth-order valence-electron chi connectivity index (χ4n) is 1.21. The molecule has 2 aromatic heterocycles. The van der Waals surface area contributed by atoms with Gasteiger partial charge in [0.1, 0.15) is 17.3 Å². The number of anilines is 1. The van der Waals surface area contributed by atoms with E-state index in [0.29, 0.717) is 6.54 Å². The van der Waals surface area contributed by atoms with Crippen molar-refractivity contribution in [2.75, 3.05) is 5.32 Å². The van der Waals surface area contributed by atoms with E-state index in [4.69, 9.17) is 8.94 Å². The maximum atomic E-state index is 5.39. The summed E-state index contributed by atoms with van der Waals surface area (Å²) < 4.78 is 10.3. The van der Waals surface area contributed by atoms with Crippen molar-refractivity contribution in [3.05, 3.63) is 35.5 Å². The molecule has 0 saturated heterocycles. The van der Waals surface area contributed by atoms with Crippen LogP contribution in [-0.4, -0.2) is 5.16 Å². The van der Waals surface area contributed by atoms with Gasteiger partial charge in [0.25, 0.3) is 0 Å². The Bertz CT molecular complexity index is 377. The monoisotopic (exact) mass is 192 g/mol. The average Bonchev–Trinajstić information content (AvgIpc) is 2.72. The van der Waals surface area contributed by atoms with Gasteiger partial charge in [-0.15, -0.1) is 0 Å². The highest BCUT2D eigenvalue weighted by Gasteiger charge is 2.01. The number of nitrogens with one attached hydrogen (secondary N) is 1. The number of aromatic nitrogens is 1. The zero-order valence-electron chi connectivity index (χ0n) is 8.20. The van der Waals surface area contributed by atoms with Crippen LogP contribution in [0, 0.1) is 13.8 Å². The van der Waals surface area contributed by atoms with Gasteiger partial charge in [0.05, 0.1) is 6.54 Å². The molecular formula is C10H12N2O2. The van der Waals surface area contributed by atoms with E-state index in [0.717, 1.165) is 23.1 Å². The fourth-order valence-corrected chi connectivity index (χ4v) is 1.21. The molecule has 0 unspecified atom stereocenters. The van der Waals surface area contributed by atoms with Gasteiger partial charge >= 0.3 is 0 Å². The molecule has 0 aliphatic rings. The molecular weight excluding hydrogens is 180 g/mol. The van der Waals surface area contributed by atoms with E-state index >= 15 is 0 Å². The normalized spacial score (nSPS) is 10.4.